The summed E-state index contributed by atoms with van der Waals surface area (Å²) in [5.41, 5.74) is 0. The third kappa shape index (κ3) is 6.67. The average Bonchev–Trinajstić information content (AvgIpc) is 2.73. The van der Waals surface area contributed by atoms with Crippen LogP contribution in [0.3, 0.4) is 0 Å². The number of hydrogen-bond acceptors (Lipinski definition) is 2. The van der Waals surface area contributed by atoms with Gasteiger partial charge in [-0.1, -0.05) is 0 Å². The second-order valence-corrected chi connectivity index (χ2v) is 10.8. The lowest BCUT2D eigenvalue weighted by Crippen LogP contribution is -3.00. The maximum absolute atomic E-state index is 2.95. The van der Waals surface area contributed by atoms with Crippen molar-refractivity contribution in [1.29, 1.82) is 0 Å². The Morgan fingerprint density at radius 1 is 0.600 bits per heavy atom. The van der Waals surface area contributed by atoms with E-state index in [1.165, 1.54) is 100 Å². The molecule has 4 bridgehead atoms. The van der Waals surface area contributed by atoms with Crippen LogP contribution in [0.1, 0.15) is 53.4 Å². The molecule has 0 N–H and O–H groups in total. The molecule has 4 nitrogen and oxygen atoms in total. The summed E-state index contributed by atoms with van der Waals surface area (Å²) in [5, 5.41) is 0. The standard InChI is InChI=1S/C24H50N4.2HI/c1-7-27(5,8-2)17-15-25-19-21-11-13-23(25)22-12-14-24(21)26(20-22)16-18-28(6,9-3)10-4;;/h21-24H,7-20H2,1-6H3;2*1H/q+2;;/p-2. The van der Waals surface area contributed by atoms with E-state index in [0.29, 0.717) is 0 Å². The van der Waals surface area contributed by atoms with Crippen LogP contribution in [-0.4, -0.2) is 110 Å². The summed E-state index contributed by atoms with van der Waals surface area (Å²) >= 11 is 0. The Labute approximate surface area is 222 Å². The molecule has 4 unspecified atom stereocenters. The van der Waals surface area contributed by atoms with Crippen LogP contribution < -0.4 is 48.0 Å². The first-order valence-corrected chi connectivity index (χ1v) is 12.5. The number of rotatable bonds is 10. The summed E-state index contributed by atoms with van der Waals surface area (Å²) in [4.78, 5) is 5.89. The number of likely N-dealkylation sites (N-methyl/N-ethyl adjacent to an activating group) is 2. The van der Waals surface area contributed by atoms with Gasteiger partial charge in [0.05, 0.1) is 53.4 Å². The van der Waals surface area contributed by atoms with E-state index in [-0.39, 0.29) is 48.0 Å². The zero-order valence-electron chi connectivity index (χ0n) is 20.8. The topological polar surface area (TPSA) is 6.48 Å². The van der Waals surface area contributed by atoms with Gasteiger partial charge in [-0.2, -0.15) is 0 Å². The monoisotopic (exact) mass is 648 g/mol. The van der Waals surface area contributed by atoms with Gasteiger partial charge in [-0.05, 0) is 65.2 Å². The van der Waals surface area contributed by atoms with Gasteiger partial charge < -0.3 is 56.9 Å². The summed E-state index contributed by atoms with van der Waals surface area (Å²) < 4.78 is 2.47. The van der Waals surface area contributed by atoms with Gasteiger partial charge in [-0.3, -0.25) is 9.80 Å². The van der Waals surface area contributed by atoms with Crippen LogP contribution in [0.2, 0.25) is 0 Å². The maximum Gasteiger partial charge on any atom is 0.0913 e. The van der Waals surface area contributed by atoms with Crippen molar-refractivity contribution in [3.05, 3.63) is 0 Å². The number of hydrogen-bond donors (Lipinski definition) is 0. The molecule has 6 fully saturated rings. The predicted molar refractivity (Wildman–Crippen MR) is 120 cm³/mol. The van der Waals surface area contributed by atoms with Crippen molar-refractivity contribution >= 4 is 0 Å². The molecule has 180 valence electrons. The van der Waals surface area contributed by atoms with Crippen molar-refractivity contribution in [3.63, 3.8) is 0 Å². The van der Waals surface area contributed by atoms with Crippen LogP contribution in [0.25, 0.3) is 0 Å². The first-order valence-electron chi connectivity index (χ1n) is 12.5. The van der Waals surface area contributed by atoms with Gasteiger partial charge in [0, 0.05) is 38.3 Å². The Morgan fingerprint density at radius 3 is 1.23 bits per heavy atom. The molecule has 0 aromatic carbocycles. The molecule has 0 radical (unpaired) electrons. The molecule has 0 amide bonds. The van der Waals surface area contributed by atoms with Gasteiger partial charge in [0.2, 0.25) is 0 Å². The Kier molecular flexibility index (Phi) is 12.4. The normalized spacial score (nSPS) is 29.8. The molecule has 0 spiro atoms. The molecule has 5 heterocycles. The van der Waals surface area contributed by atoms with E-state index in [2.05, 4.69) is 51.6 Å². The molecule has 5 saturated heterocycles. The van der Waals surface area contributed by atoms with Crippen LogP contribution in [0.4, 0.5) is 0 Å². The van der Waals surface area contributed by atoms with Crippen LogP contribution in [0.15, 0.2) is 0 Å². The largest absolute Gasteiger partial charge is 1.00 e. The summed E-state index contributed by atoms with van der Waals surface area (Å²) in [5.74, 6) is 1.84. The average molecular weight is 649 g/mol. The molecular formula is C24H50I2N4. The SMILES string of the molecule is CC[N+](C)(CC)CCN1CC2CCC1C1CCC2N(CC[N+](C)(CC)CC)C1.[I-].[I-]. The van der Waals surface area contributed by atoms with E-state index >= 15 is 0 Å². The minimum absolute atomic E-state index is 0. The molecule has 4 atom stereocenters. The smallest absolute Gasteiger partial charge is 0.0913 e. The second-order valence-electron chi connectivity index (χ2n) is 10.8. The van der Waals surface area contributed by atoms with Crippen molar-refractivity contribution in [2.45, 2.75) is 65.5 Å². The third-order valence-corrected chi connectivity index (χ3v) is 9.54. The summed E-state index contributed by atoms with van der Waals surface area (Å²) in [7, 11) is 4.90. The van der Waals surface area contributed by atoms with Crippen molar-refractivity contribution in [3.8, 4) is 0 Å². The number of piperidine rings is 2. The number of quaternary nitrogens is 2. The van der Waals surface area contributed by atoms with Gasteiger partial charge in [-0.15, -0.1) is 0 Å². The Hall–Kier alpha value is 1.30. The van der Waals surface area contributed by atoms with E-state index in [0.717, 1.165) is 23.9 Å². The van der Waals surface area contributed by atoms with Crippen molar-refractivity contribution in [2.75, 3.05) is 79.5 Å². The number of halogens is 2. The highest BCUT2D eigenvalue weighted by Gasteiger charge is 2.46. The fraction of sp³-hybridized carbons (Fsp3) is 1.00. The molecule has 6 aliphatic rings. The highest BCUT2D eigenvalue weighted by atomic mass is 127. The zero-order valence-corrected chi connectivity index (χ0v) is 25.1. The van der Waals surface area contributed by atoms with Gasteiger partial charge in [0.1, 0.15) is 0 Å². The van der Waals surface area contributed by atoms with Crippen LogP contribution in [-0.2, 0) is 0 Å². The molecule has 1 saturated carbocycles. The number of nitrogens with zero attached hydrogens (tertiary/aromatic N) is 4. The van der Waals surface area contributed by atoms with Crippen LogP contribution in [0.5, 0.6) is 0 Å². The Morgan fingerprint density at radius 2 is 0.933 bits per heavy atom. The van der Waals surface area contributed by atoms with E-state index in [1.54, 1.807) is 0 Å². The van der Waals surface area contributed by atoms with Gasteiger partial charge >= 0.3 is 0 Å². The molecule has 6 rings (SSSR count). The van der Waals surface area contributed by atoms with Gasteiger partial charge in [-0.25, -0.2) is 0 Å². The molecule has 30 heavy (non-hydrogen) atoms. The first kappa shape index (κ1) is 29.3. The molecule has 0 aromatic rings. The highest BCUT2D eigenvalue weighted by molar-refractivity contribution is 5.00. The lowest BCUT2D eigenvalue weighted by Gasteiger charge is -2.56. The second kappa shape index (κ2) is 12.7. The third-order valence-electron chi connectivity index (χ3n) is 9.54. The minimum Gasteiger partial charge on any atom is -1.00 e. The molecule has 6 heteroatoms. The summed E-state index contributed by atoms with van der Waals surface area (Å²) in [6.07, 6.45) is 5.92. The van der Waals surface area contributed by atoms with E-state index in [1.807, 2.05) is 0 Å². The predicted octanol–water partition coefficient (Wildman–Crippen LogP) is -2.86. The van der Waals surface area contributed by atoms with E-state index in [4.69, 9.17) is 0 Å². The fourth-order valence-electron chi connectivity index (χ4n) is 6.22. The quantitative estimate of drug-likeness (QED) is 0.186. The maximum atomic E-state index is 2.95. The first-order chi connectivity index (χ1) is 13.4. The zero-order chi connectivity index (χ0) is 20.4. The van der Waals surface area contributed by atoms with Crippen LogP contribution in [0, 0.1) is 11.8 Å². The lowest BCUT2D eigenvalue weighted by atomic mass is 9.71. The van der Waals surface area contributed by atoms with Crippen molar-refractivity contribution in [2.24, 2.45) is 11.8 Å². The van der Waals surface area contributed by atoms with Crippen LogP contribution >= 0.6 is 0 Å². The Bertz CT molecular complexity index is 452. The Balaban J connectivity index is 0.00000225. The molecular weight excluding hydrogens is 598 g/mol. The molecule has 0 aromatic heterocycles. The minimum atomic E-state index is 0. The fourth-order valence-corrected chi connectivity index (χ4v) is 6.22. The highest BCUT2D eigenvalue weighted by Crippen LogP contribution is 2.41. The molecule has 5 aliphatic heterocycles. The lowest BCUT2D eigenvalue weighted by molar-refractivity contribution is -0.905. The summed E-state index contributed by atoms with van der Waals surface area (Å²) in [6, 6.07) is 1.72. The molecule has 1 aliphatic carbocycles. The van der Waals surface area contributed by atoms with E-state index in [9.17, 15) is 0 Å². The summed E-state index contributed by atoms with van der Waals surface area (Å²) in [6.45, 7) is 22.6. The van der Waals surface area contributed by atoms with Crippen molar-refractivity contribution < 1.29 is 56.9 Å². The van der Waals surface area contributed by atoms with E-state index < -0.39 is 0 Å². The van der Waals surface area contributed by atoms with Gasteiger partial charge in [0.25, 0.3) is 0 Å². The van der Waals surface area contributed by atoms with Crippen molar-refractivity contribution in [1.82, 2.24) is 9.80 Å². The van der Waals surface area contributed by atoms with Gasteiger partial charge in [0.15, 0.2) is 0 Å².